The molecule has 4 heteroatoms. The molecular weight excluding hydrogens is 222 g/mol. The van der Waals surface area contributed by atoms with E-state index in [0.29, 0.717) is 16.3 Å². The molecule has 0 spiro atoms. The summed E-state index contributed by atoms with van der Waals surface area (Å²) in [7, 11) is 0. The van der Waals surface area contributed by atoms with E-state index < -0.39 is 0 Å². The van der Waals surface area contributed by atoms with Crippen molar-refractivity contribution in [1.29, 1.82) is 5.26 Å². The first-order valence-corrected chi connectivity index (χ1v) is 5.01. The van der Waals surface area contributed by atoms with Gasteiger partial charge >= 0.3 is 0 Å². The predicted molar refractivity (Wildman–Crippen MR) is 63.8 cm³/mol. The molecule has 0 saturated carbocycles. The van der Waals surface area contributed by atoms with E-state index in [4.69, 9.17) is 22.6 Å². The molecule has 0 amide bonds. The highest BCUT2D eigenvalue weighted by atomic mass is 35.5. The van der Waals surface area contributed by atoms with Gasteiger partial charge in [0.2, 0.25) is 0 Å². The molecule has 1 aromatic heterocycles. The van der Waals surface area contributed by atoms with Crippen LogP contribution in [0.25, 0.3) is 11.3 Å². The fourth-order valence-electron chi connectivity index (χ4n) is 1.39. The molecule has 16 heavy (non-hydrogen) atoms. The lowest BCUT2D eigenvalue weighted by molar-refractivity contribution is 1.31. The number of nitrogens with zero attached hydrogens (tertiary/aromatic N) is 2. The predicted octanol–water partition coefficient (Wildman–Crippen LogP) is 2.86. The standard InChI is InChI=1S/C12H8ClN3/c13-10-6-9(7-14)12(15)16-11(10)8-4-2-1-3-5-8/h1-6H,(H2,15,16). The van der Waals surface area contributed by atoms with Crippen LogP contribution >= 0.6 is 11.6 Å². The summed E-state index contributed by atoms with van der Waals surface area (Å²) in [5, 5.41) is 9.20. The quantitative estimate of drug-likeness (QED) is 0.818. The molecule has 2 N–H and O–H groups in total. The van der Waals surface area contributed by atoms with Crippen LogP contribution in [0.15, 0.2) is 36.4 Å². The zero-order valence-electron chi connectivity index (χ0n) is 8.31. The van der Waals surface area contributed by atoms with Crippen molar-refractivity contribution in [2.45, 2.75) is 0 Å². The molecule has 2 rings (SSSR count). The molecule has 0 atom stereocenters. The van der Waals surface area contributed by atoms with Gasteiger partial charge in [0.25, 0.3) is 0 Å². The number of aromatic nitrogens is 1. The number of rotatable bonds is 1. The van der Waals surface area contributed by atoms with E-state index in [-0.39, 0.29) is 5.82 Å². The van der Waals surface area contributed by atoms with Crippen LogP contribution in [-0.2, 0) is 0 Å². The van der Waals surface area contributed by atoms with Crippen LogP contribution < -0.4 is 5.73 Å². The summed E-state index contributed by atoms with van der Waals surface area (Å²) in [4.78, 5) is 4.14. The number of benzene rings is 1. The highest BCUT2D eigenvalue weighted by molar-refractivity contribution is 6.33. The minimum absolute atomic E-state index is 0.200. The first-order chi connectivity index (χ1) is 7.72. The van der Waals surface area contributed by atoms with Gasteiger partial charge in [0.1, 0.15) is 11.9 Å². The Bertz CT molecular complexity index is 558. The van der Waals surface area contributed by atoms with Gasteiger partial charge in [0.05, 0.1) is 16.3 Å². The lowest BCUT2D eigenvalue weighted by Crippen LogP contribution is -1.97. The molecule has 0 fully saturated rings. The first-order valence-electron chi connectivity index (χ1n) is 4.64. The molecule has 1 aromatic carbocycles. The zero-order valence-corrected chi connectivity index (χ0v) is 9.07. The second-order valence-corrected chi connectivity index (χ2v) is 3.64. The Labute approximate surface area is 98.1 Å². The third-order valence-corrected chi connectivity index (χ3v) is 2.46. The maximum absolute atomic E-state index is 8.78. The average molecular weight is 230 g/mol. The van der Waals surface area contributed by atoms with Crippen molar-refractivity contribution in [2.75, 3.05) is 5.73 Å². The van der Waals surface area contributed by atoms with E-state index in [0.717, 1.165) is 5.56 Å². The van der Waals surface area contributed by atoms with Crippen molar-refractivity contribution in [3.05, 3.63) is 47.0 Å². The molecule has 3 nitrogen and oxygen atoms in total. The summed E-state index contributed by atoms with van der Waals surface area (Å²) in [5.41, 5.74) is 7.42. The van der Waals surface area contributed by atoms with Gasteiger partial charge in [0, 0.05) is 5.56 Å². The minimum Gasteiger partial charge on any atom is -0.383 e. The van der Waals surface area contributed by atoms with E-state index in [1.54, 1.807) is 0 Å². The monoisotopic (exact) mass is 229 g/mol. The molecule has 0 saturated heterocycles. The number of nitrogens with two attached hydrogens (primary N) is 1. The summed E-state index contributed by atoms with van der Waals surface area (Å²) in [5.74, 6) is 0.200. The van der Waals surface area contributed by atoms with Gasteiger partial charge in [0.15, 0.2) is 0 Å². The Morgan fingerprint density at radius 1 is 1.25 bits per heavy atom. The van der Waals surface area contributed by atoms with Gasteiger partial charge in [-0.2, -0.15) is 5.26 Å². The maximum Gasteiger partial charge on any atom is 0.142 e. The number of hydrogen-bond acceptors (Lipinski definition) is 3. The third-order valence-electron chi connectivity index (χ3n) is 2.17. The van der Waals surface area contributed by atoms with Crippen molar-refractivity contribution < 1.29 is 0 Å². The van der Waals surface area contributed by atoms with Crippen LogP contribution in [0.2, 0.25) is 5.02 Å². The van der Waals surface area contributed by atoms with Crippen molar-refractivity contribution in [3.8, 4) is 17.3 Å². The van der Waals surface area contributed by atoms with Gasteiger partial charge in [-0.3, -0.25) is 0 Å². The number of hydrogen-bond donors (Lipinski definition) is 1. The third kappa shape index (κ3) is 1.83. The molecular formula is C12H8ClN3. The zero-order chi connectivity index (χ0) is 11.5. The van der Waals surface area contributed by atoms with Crippen LogP contribution in [0.5, 0.6) is 0 Å². The Morgan fingerprint density at radius 3 is 2.56 bits per heavy atom. The maximum atomic E-state index is 8.78. The lowest BCUT2D eigenvalue weighted by Gasteiger charge is -2.05. The SMILES string of the molecule is N#Cc1cc(Cl)c(-c2ccccc2)nc1N. The number of nitrogen functional groups attached to an aromatic ring is 1. The second-order valence-electron chi connectivity index (χ2n) is 3.23. The van der Waals surface area contributed by atoms with Crippen LogP contribution in [0.3, 0.4) is 0 Å². The summed E-state index contributed by atoms with van der Waals surface area (Å²) in [6, 6.07) is 12.9. The largest absolute Gasteiger partial charge is 0.383 e. The van der Waals surface area contributed by atoms with Gasteiger partial charge < -0.3 is 5.73 Å². The summed E-state index contributed by atoms with van der Waals surface area (Å²) in [6.45, 7) is 0. The van der Waals surface area contributed by atoms with Gasteiger partial charge in [-0.05, 0) is 6.07 Å². The Morgan fingerprint density at radius 2 is 1.94 bits per heavy atom. The summed E-state index contributed by atoms with van der Waals surface area (Å²) >= 11 is 6.05. The van der Waals surface area contributed by atoms with E-state index in [2.05, 4.69) is 4.98 Å². The number of anilines is 1. The van der Waals surface area contributed by atoms with Gasteiger partial charge in [-0.15, -0.1) is 0 Å². The lowest BCUT2D eigenvalue weighted by atomic mass is 10.1. The van der Waals surface area contributed by atoms with Crippen LogP contribution in [-0.4, -0.2) is 4.98 Å². The fourth-order valence-corrected chi connectivity index (χ4v) is 1.65. The Balaban J connectivity index is 2.60. The van der Waals surface area contributed by atoms with Crippen molar-refractivity contribution in [3.63, 3.8) is 0 Å². The molecule has 0 bridgehead atoms. The van der Waals surface area contributed by atoms with Crippen molar-refractivity contribution >= 4 is 17.4 Å². The highest BCUT2D eigenvalue weighted by Crippen LogP contribution is 2.28. The number of nitriles is 1. The van der Waals surface area contributed by atoms with Crippen molar-refractivity contribution in [1.82, 2.24) is 4.98 Å². The second kappa shape index (κ2) is 4.21. The van der Waals surface area contributed by atoms with Crippen LogP contribution in [0, 0.1) is 11.3 Å². The highest BCUT2D eigenvalue weighted by Gasteiger charge is 2.09. The summed E-state index contributed by atoms with van der Waals surface area (Å²) < 4.78 is 0. The number of halogens is 1. The Kier molecular flexibility index (Phi) is 2.76. The van der Waals surface area contributed by atoms with E-state index >= 15 is 0 Å². The van der Waals surface area contributed by atoms with Gasteiger partial charge in [-0.1, -0.05) is 41.9 Å². The molecule has 1 heterocycles. The molecule has 0 aliphatic carbocycles. The number of pyridine rings is 1. The topological polar surface area (TPSA) is 62.7 Å². The summed E-state index contributed by atoms with van der Waals surface area (Å²) in [6.07, 6.45) is 0. The van der Waals surface area contributed by atoms with Crippen molar-refractivity contribution in [2.24, 2.45) is 0 Å². The molecule has 0 aliphatic rings. The molecule has 78 valence electrons. The molecule has 0 unspecified atom stereocenters. The van der Waals surface area contributed by atoms with Crippen LogP contribution in [0.4, 0.5) is 5.82 Å². The smallest absolute Gasteiger partial charge is 0.142 e. The normalized spacial score (nSPS) is 9.75. The Hall–Kier alpha value is -2.05. The fraction of sp³-hybridized carbons (Fsp3) is 0. The molecule has 0 aliphatic heterocycles. The minimum atomic E-state index is 0.200. The molecule has 2 aromatic rings. The van der Waals surface area contributed by atoms with E-state index in [1.165, 1.54) is 6.07 Å². The van der Waals surface area contributed by atoms with E-state index in [1.807, 2.05) is 36.4 Å². The van der Waals surface area contributed by atoms with Crippen LogP contribution in [0.1, 0.15) is 5.56 Å². The van der Waals surface area contributed by atoms with Gasteiger partial charge in [-0.25, -0.2) is 4.98 Å². The molecule has 0 radical (unpaired) electrons. The average Bonchev–Trinajstić information content (AvgIpc) is 2.32. The van der Waals surface area contributed by atoms with E-state index in [9.17, 15) is 0 Å². The first kappa shape index (κ1) is 10.5.